The normalized spacial score (nSPS) is 19.7. The Labute approximate surface area is 125 Å². The van der Waals surface area contributed by atoms with Gasteiger partial charge in [0, 0.05) is 12.6 Å². The first-order valence-corrected chi connectivity index (χ1v) is 7.66. The smallest absolute Gasteiger partial charge is 0.182 e. The van der Waals surface area contributed by atoms with E-state index in [1.165, 1.54) is 6.07 Å². The average Bonchev–Trinajstić information content (AvgIpc) is 2.91. The Kier molecular flexibility index (Phi) is 4.77. The van der Waals surface area contributed by atoms with E-state index in [2.05, 4.69) is 18.7 Å². The number of hydrogen-bond donors (Lipinski definition) is 0. The second kappa shape index (κ2) is 6.22. The van der Waals surface area contributed by atoms with Crippen LogP contribution in [0.15, 0.2) is 18.2 Å². The summed E-state index contributed by atoms with van der Waals surface area (Å²) in [4.78, 5) is 14.6. The maximum atomic E-state index is 13.8. The summed E-state index contributed by atoms with van der Waals surface area (Å²) in [6, 6.07) is 2.78. The van der Waals surface area contributed by atoms with Crippen LogP contribution in [0.5, 0.6) is 0 Å². The molecule has 4 heteroatoms. The molecule has 1 unspecified atom stereocenters. The highest BCUT2D eigenvalue weighted by atomic mass is 19.1. The van der Waals surface area contributed by atoms with Crippen LogP contribution < -0.4 is 0 Å². The minimum Gasteiger partial charge on any atom is -0.293 e. The molecule has 1 aliphatic rings. The summed E-state index contributed by atoms with van der Waals surface area (Å²) in [5, 5.41) is 0. The van der Waals surface area contributed by atoms with Crippen molar-refractivity contribution in [2.24, 2.45) is 5.41 Å². The van der Waals surface area contributed by atoms with Crippen LogP contribution in [0.25, 0.3) is 0 Å². The number of hydrogen-bond acceptors (Lipinski definition) is 2. The van der Waals surface area contributed by atoms with Gasteiger partial charge in [0.1, 0.15) is 11.6 Å². The molecule has 0 radical (unpaired) electrons. The lowest BCUT2D eigenvalue weighted by Gasteiger charge is -2.29. The summed E-state index contributed by atoms with van der Waals surface area (Å²) < 4.78 is 26.7. The van der Waals surface area contributed by atoms with Gasteiger partial charge in [0.25, 0.3) is 0 Å². The van der Waals surface area contributed by atoms with Crippen LogP contribution in [0.4, 0.5) is 8.78 Å². The number of carbonyl (C=O) groups excluding carboxylic acids is 1. The predicted octanol–water partition coefficient (Wildman–Crippen LogP) is 4.05. The molecule has 1 aromatic carbocycles. The number of likely N-dealkylation sites (tertiary alicyclic amines) is 1. The Bertz CT molecular complexity index is 526. The molecule has 0 saturated carbocycles. The maximum Gasteiger partial charge on any atom is 0.182 e. The molecular formula is C17H23F2NO. The lowest BCUT2D eigenvalue weighted by atomic mass is 9.82. The maximum absolute atomic E-state index is 13.8. The van der Waals surface area contributed by atoms with E-state index in [-0.39, 0.29) is 22.8 Å². The van der Waals surface area contributed by atoms with Gasteiger partial charge in [-0.1, -0.05) is 13.8 Å². The van der Waals surface area contributed by atoms with Gasteiger partial charge in [0.2, 0.25) is 0 Å². The first kappa shape index (κ1) is 16.1. The van der Waals surface area contributed by atoms with E-state index in [0.717, 1.165) is 44.5 Å². The number of Topliss-reactive ketones (excluding diaryl/α,β-unsaturated/α-hetero) is 1. The third-order valence-electron chi connectivity index (χ3n) is 5.09. The van der Waals surface area contributed by atoms with Crippen molar-refractivity contribution in [3.8, 4) is 0 Å². The molecule has 2 rings (SSSR count). The molecule has 116 valence electrons. The number of benzene rings is 1. The largest absolute Gasteiger partial charge is 0.293 e. The lowest BCUT2D eigenvalue weighted by molar-refractivity contribution is 0.0845. The zero-order valence-corrected chi connectivity index (χ0v) is 13.0. The van der Waals surface area contributed by atoms with Crippen LogP contribution in [0.3, 0.4) is 0 Å². The van der Waals surface area contributed by atoms with E-state index in [1.54, 1.807) is 0 Å². The van der Waals surface area contributed by atoms with E-state index in [4.69, 9.17) is 0 Å². The summed E-state index contributed by atoms with van der Waals surface area (Å²) in [5.74, 6) is -1.70. The highest BCUT2D eigenvalue weighted by Gasteiger charge is 2.38. The molecule has 0 bridgehead atoms. The Balaban J connectivity index is 2.13. The molecule has 1 heterocycles. The van der Waals surface area contributed by atoms with E-state index < -0.39 is 11.6 Å². The van der Waals surface area contributed by atoms with Gasteiger partial charge < -0.3 is 0 Å². The average molecular weight is 295 g/mol. The molecule has 0 spiro atoms. The van der Waals surface area contributed by atoms with E-state index in [9.17, 15) is 13.6 Å². The molecule has 1 aromatic rings. The van der Waals surface area contributed by atoms with Crippen LogP contribution in [-0.2, 0) is 0 Å². The van der Waals surface area contributed by atoms with Gasteiger partial charge in [-0.05, 0) is 50.3 Å². The van der Waals surface area contributed by atoms with Crippen LogP contribution in [0, 0.1) is 17.0 Å². The quantitative estimate of drug-likeness (QED) is 0.764. The monoisotopic (exact) mass is 295 g/mol. The topological polar surface area (TPSA) is 20.3 Å². The zero-order valence-electron chi connectivity index (χ0n) is 13.0. The number of halogens is 2. The summed E-state index contributed by atoms with van der Waals surface area (Å²) in [6.07, 6.45) is 3.25. The van der Waals surface area contributed by atoms with Gasteiger partial charge in [-0.2, -0.15) is 0 Å². The number of ketones is 1. The van der Waals surface area contributed by atoms with Crippen molar-refractivity contribution in [3.05, 3.63) is 35.4 Å². The van der Waals surface area contributed by atoms with Crippen LogP contribution in [0.2, 0.25) is 0 Å². The molecular weight excluding hydrogens is 272 g/mol. The highest BCUT2D eigenvalue weighted by Crippen LogP contribution is 2.38. The first-order chi connectivity index (χ1) is 9.92. The third kappa shape index (κ3) is 3.15. The standard InChI is InChI=1S/C17H23F2NO/c1-4-17(5-2)8-9-20(11-17)12(3)16(21)14-7-6-13(18)10-15(14)19/h6-7,10,12H,4-5,8-9,11H2,1-3H3. The van der Waals surface area contributed by atoms with Crippen molar-refractivity contribution in [2.75, 3.05) is 13.1 Å². The zero-order chi connectivity index (χ0) is 15.6. The SMILES string of the molecule is CCC1(CC)CCN(C(C)C(=O)c2ccc(F)cc2F)C1. The van der Waals surface area contributed by atoms with Gasteiger partial charge in [-0.3, -0.25) is 9.69 Å². The number of rotatable bonds is 5. The fraction of sp³-hybridized carbons (Fsp3) is 0.588. The molecule has 0 aliphatic carbocycles. The lowest BCUT2D eigenvalue weighted by Crippen LogP contribution is -2.39. The summed E-state index contributed by atoms with van der Waals surface area (Å²) in [5.41, 5.74) is 0.255. The third-order valence-corrected chi connectivity index (χ3v) is 5.09. The second-order valence-corrected chi connectivity index (χ2v) is 6.09. The molecule has 1 fully saturated rings. The van der Waals surface area contributed by atoms with Gasteiger partial charge in [0.05, 0.1) is 11.6 Å². The second-order valence-electron chi connectivity index (χ2n) is 6.09. The Morgan fingerprint density at radius 1 is 1.33 bits per heavy atom. The van der Waals surface area contributed by atoms with Crippen LogP contribution >= 0.6 is 0 Å². The van der Waals surface area contributed by atoms with Crippen molar-refractivity contribution in [2.45, 2.75) is 46.1 Å². The molecule has 1 saturated heterocycles. The van der Waals surface area contributed by atoms with Crippen molar-refractivity contribution in [1.29, 1.82) is 0 Å². The Morgan fingerprint density at radius 3 is 2.52 bits per heavy atom. The minimum atomic E-state index is -0.775. The van der Waals surface area contributed by atoms with Gasteiger partial charge in [-0.15, -0.1) is 0 Å². The van der Waals surface area contributed by atoms with Crippen molar-refractivity contribution in [1.82, 2.24) is 4.90 Å². The summed E-state index contributed by atoms with van der Waals surface area (Å²) in [6.45, 7) is 7.90. The highest BCUT2D eigenvalue weighted by molar-refractivity contribution is 6.00. The molecule has 2 nitrogen and oxygen atoms in total. The molecule has 0 N–H and O–H groups in total. The molecule has 1 aliphatic heterocycles. The van der Waals surface area contributed by atoms with Crippen molar-refractivity contribution in [3.63, 3.8) is 0 Å². The van der Waals surface area contributed by atoms with Gasteiger partial charge >= 0.3 is 0 Å². The first-order valence-electron chi connectivity index (χ1n) is 7.66. The summed E-state index contributed by atoms with van der Waals surface area (Å²) >= 11 is 0. The molecule has 1 atom stereocenters. The molecule has 21 heavy (non-hydrogen) atoms. The number of carbonyl (C=O) groups is 1. The van der Waals surface area contributed by atoms with E-state index in [0.29, 0.717) is 0 Å². The Morgan fingerprint density at radius 2 is 2.00 bits per heavy atom. The minimum absolute atomic E-state index is 0.0191. The Hall–Kier alpha value is -1.29. The van der Waals surface area contributed by atoms with Crippen LogP contribution in [0.1, 0.15) is 50.4 Å². The fourth-order valence-electron chi connectivity index (χ4n) is 3.21. The van der Waals surface area contributed by atoms with E-state index in [1.807, 2.05) is 6.92 Å². The molecule has 0 aromatic heterocycles. The van der Waals surface area contributed by atoms with Gasteiger partial charge in [0.15, 0.2) is 5.78 Å². The van der Waals surface area contributed by atoms with Crippen molar-refractivity contribution >= 4 is 5.78 Å². The number of nitrogens with zero attached hydrogens (tertiary/aromatic N) is 1. The van der Waals surface area contributed by atoms with Gasteiger partial charge in [-0.25, -0.2) is 8.78 Å². The van der Waals surface area contributed by atoms with E-state index >= 15 is 0 Å². The molecule has 0 amide bonds. The van der Waals surface area contributed by atoms with Crippen LogP contribution in [-0.4, -0.2) is 29.8 Å². The summed E-state index contributed by atoms with van der Waals surface area (Å²) in [7, 11) is 0. The predicted molar refractivity (Wildman–Crippen MR) is 79.4 cm³/mol. The van der Waals surface area contributed by atoms with Crippen molar-refractivity contribution < 1.29 is 13.6 Å². The fourth-order valence-corrected chi connectivity index (χ4v) is 3.21.